The fraction of sp³-hybridized carbons (Fsp3) is 0.500. The number of nitrogens with two attached hydrogens (primary N) is 1. The van der Waals surface area contributed by atoms with Gasteiger partial charge in [-0.2, -0.15) is 0 Å². The fourth-order valence-electron chi connectivity index (χ4n) is 2.68. The van der Waals surface area contributed by atoms with E-state index >= 15 is 0 Å². The standard InChI is InChI=1S/C14H19ClN2O2/c15-11-4-5-12(13(16)6-11)14(19)17-7-9-2-1-3-10(9)8-18/h4-6,9-10,18H,1-3,7-8,16H2,(H,17,19). The van der Waals surface area contributed by atoms with Gasteiger partial charge in [0.1, 0.15) is 0 Å². The third-order valence-corrected chi connectivity index (χ3v) is 4.07. The highest BCUT2D eigenvalue weighted by Gasteiger charge is 2.26. The maximum absolute atomic E-state index is 12.0. The van der Waals surface area contributed by atoms with Gasteiger partial charge in [-0.15, -0.1) is 0 Å². The summed E-state index contributed by atoms with van der Waals surface area (Å²) >= 11 is 5.80. The topological polar surface area (TPSA) is 75.4 Å². The largest absolute Gasteiger partial charge is 0.398 e. The third kappa shape index (κ3) is 3.39. The molecule has 2 unspecified atom stereocenters. The molecule has 0 radical (unpaired) electrons. The van der Waals surface area contributed by atoms with Crippen molar-refractivity contribution in [3.05, 3.63) is 28.8 Å². The summed E-state index contributed by atoms with van der Waals surface area (Å²) in [7, 11) is 0. The van der Waals surface area contributed by atoms with Crippen LogP contribution in [0.2, 0.25) is 5.02 Å². The molecule has 4 nitrogen and oxygen atoms in total. The summed E-state index contributed by atoms with van der Waals surface area (Å²) in [4.78, 5) is 12.0. The van der Waals surface area contributed by atoms with Crippen LogP contribution in [-0.4, -0.2) is 24.2 Å². The van der Waals surface area contributed by atoms with Gasteiger partial charge in [-0.3, -0.25) is 4.79 Å². The Bertz CT molecular complexity index is 465. The molecule has 1 aliphatic carbocycles. The predicted octanol–water partition coefficient (Wildman–Crippen LogP) is 2.06. The zero-order valence-electron chi connectivity index (χ0n) is 10.7. The Kier molecular flexibility index (Phi) is 4.66. The normalized spacial score (nSPS) is 22.4. The van der Waals surface area contributed by atoms with E-state index < -0.39 is 0 Å². The zero-order chi connectivity index (χ0) is 13.8. The van der Waals surface area contributed by atoms with E-state index in [9.17, 15) is 9.90 Å². The lowest BCUT2D eigenvalue weighted by Gasteiger charge is -2.18. The summed E-state index contributed by atoms with van der Waals surface area (Å²) in [5.41, 5.74) is 6.61. The molecular formula is C14H19ClN2O2. The number of aliphatic hydroxyl groups is 1. The first kappa shape index (κ1) is 14.2. The van der Waals surface area contributed by atoms with Crippen molar-refractivity contribution in [1.29, 1.82) is 0 Å². The fourth-order valence-corrected chi connectivity index (χ4v) is 2.86. The van der Waals surface area contributed by atoms with Crippen molar-refractivity contribution in [3.8, 4) is 0 Å². The Hall–Kier alpha value is -1.26. The number of hydrogen-bond donors (Lipinski definition) is 3. The van der Waals surface area contributed by atoms with Crippen molar-refractivity contribution in [1.82, 2.24) is 5.32 Å². The number of nitrogens with one attached hydrogen (secondary N) is 1. The SMILES string of the molecule is Nc1cc(Cl)ccc1C(=O)NCC1CCCC1CO. The van der Waals surface area contributed by atoms with Gasteiger partial charge in [0.15, 0.2) is 0 Å². The van der Waals surface area contributed by atoms with Gasteiger partial charge in [0, 0.05) is 23.9 Å². The molecule has 1 aromatic carbocycles. The Morgan fingerprint density at radius 2 is 2.16 bits per heavy atom. The van der Waals surface area contributed by atoms with Gasteiger partial charge in [0.05, 0.1) is 5.56 Å². The van der Waals surface area contributed by atoms with Crippen LogP contribution in [-0.2, 0) is 0 Å². The maximum atomic E-state index is 12.0. The number of anilines is 1. The molecule has 2 atom stereocenters. The molecule has 0 aromatic heterocycles. The average Bonchev–Trinajstić information content (AvgIpc) is 2.83. The molecule has 104 valence electrons. The molecule has 1 saturated carbocycles. The minimum Gasteiger partial charge on any atom is -0.398 e. The lowest BCUT2D eigenvalue weighted by atomic mass is 9.97. The van der Waals surface area contributed by atoms with Gasteiger partial charge >= 0.3 is 0 Å². The number of carbonyl (C=O) groups excluding carboxylic acids is 1. The van der Waals surface area contributed by atoms with Crippen molar-refractivity contribution in [2.24, 2.45) is 11.8 Å². The molecule has 1 aliphatic rings. The van der Waals surface area contributed by atoms with Crippen LogP contribution in [0.15, 0.2) is 18.2 Å². The van der Waals surface area contributed by atoms with Crippen molar-refractivity contribution in [2.75, 3.05) is 18.9 Å². The lowest BCUT2D eigenvalue weighted by molar-refractivity contribution is 0.0938. The van der Waals surface area contributed by atoms with Crippen molar-refractivity contribution < 1.29 is 9.90 Å². The lowest BCUT2D eigenvalue weighted by Crippen LogP contribution is -2.32. The maximum Gasteiger partial charge on any atom is 0.253 e. The predicted molar refractivity (Wildman–Crippen MR) is 76.1 cm³/mol. The van der Waals surface area contributed by atoms with E-state index in [1.54, 1.807) is 18.2 Å². The van der Waals surface area contributed by atoms with Crippen molar-refractivity contribution in [3.63, 3.8) is 0 Å². The number of halogens is 1. The third-order valence-electron chi connectivity index (χ3n) is 3.83. The van der Waals surface area contributed by atoms with E-state index in [0.29, 0.717) is 34.7 Å². The van der Waals surface area contributed by atoms with Crippen LogP contribution < -0.4 is 11.1 Å². The van der Waals surface area contributed by atoms with E-state index in [-0.39, 0.29) is 12.5 Å². The number of hydrogen-bond acceptors (Lipinski definition) is 3. The quantitative estimate of drug-likeness (QED) is 0.740. The second kappa shape index (κ2) is 6.26. The van der Waals surface area contributed by atoms with Crippen LogP contribution >= 0.6 is 11.6 Å². The smallest absolute Gasteiger partial charge is 0.253 e. The second-order valence-corrected chi connectivity index (χ2v) is 5.51. The molecule has 0 bridgehead atoms. The van der Waals surface area contributed by atoms with E-state index in [0.717, 1.165) is 19.3 Å². The summed E-state index contributed by atoms with van der Waals surface area (Å²) < 4.78 is 0. The van der Waals surface area contributed by atoms with Gasteiger partial charge < -0.3 is 16.2 Å². The molecule has 0 aliphatic heterocycles. The second-order valence-electron chi connectivity index (χ2n) is 5.08. The number of aliphatic hydroxyl groups excluding tert-OH is 1. The van der Waals surface area contributed by atoms with Gasteiger partial charge in [0.2, 0.25) is 0 Å². The van der Waals surface area contributed by atoms with Crippen LogP contribution in [0.25, 0.3) is 0 Å². The van der Waals surface area contributed by atoms with Gasteiger partial charge in [-0.1, -0.05) is 18.0 Å². The van der Waals surface area contributed by atoms with E-state index in [1.165, 1.54) is 0 Å². The molecule has 19 heavy (non-hydrogen) atoms. The highest BCUT2D eigenvalue weighted by atomic mass is 35.5. The van der Waals surface area contributed by atoms with Gasteiger partial charge in [-0.05, 0) is 42.9 Å². The van der Waals surface area contributed by atoms with Crippen molar-refractivity contribution >= 4 is 23.2 Å². The molecule has 0 spiro atoms. The number of rotatable bonds is 4. The minimum atomic E-state index is -0.183. The highest BCUT2D eigenvalue weighted by molar-refractivity contribution is 6.31. The monoisotopic (exact) mass is 282 g/mol. The Morgan fingerprint density at radius 1 is 1.42 bits per heavy atom. The number of benzene rings is 1. The number of carbonyl (C=O) groups is 1. The van der Waals surface area contributed by atoms with E-state index in [4.69, 9.17) is 17.3 Å². The molecule has 0 saturated heterocycles. The Morgan fingerprint density at radius 3 is 2.84 bits per heavy atom. The highest BCUT2D eigenvalue weighted by Crippen LogP contribution is 2.30. The van der Waals surface area contributed by atoms with Gasteiger partial charge in [-0.25, -0.2) is 0 Å². The summed E-state index contributed by atoms with van der Waals surface area (Å²) in [5, 5.41) is 12.7. The molecule has 4 N–H and O–H groups in total. The molecular weight excluding hydrogens is 264 g/mol. The molecule has 0 heterocycles. The number of amides is 1. The summed E-state index contributed by atoms with van der Waals surface area (Å²) in [6, 6.07) is 4.85. The van der Waals surface area contributed by atoms with E-state index in [2.05, 4.69) is 5.32 Å². The molecule has 1 aromatic rings. The molecule has 1 amide bonds. The van der Waals surface area contributed by atoms with Crippen LogP contribution in [0.5, 0.6) is 0 Å². The van der Waals surface area contributed by atoms with Gasteiger partial charge in [0.25, 0.3) is 5.91 Å². The molecule has 2 rings (SSSR count). The summed E-state index contributed by atoms with van der Waals surface area (Å²) in [6.45, 7) is 0.787. The summed E-state index contributed by atoms with van der Waals surface area (Å²) in [6.07, 6.45) is 3.22. The first-order chi connectivity index (χ1) is 9.11. The number of nitrogen functional groups attached to an aromatic ring is 1. The Labute approximate surface area is 117 Å². The van der Waals surface area contributed by atoms with Crippen LogP contribution in [0.1, 0.15) is 29.6 Å². The van der Waals surface area contributed by atoms with E-state index in [1.807, 2.05) is 0 Å². The first-order valence-corrected chi connectivity index (χ1v) is 6.93. The minimum absolute atomic E-state index is 0.183. The average molecular weight is 283 g/mol. The van der Waals surface area contributed by atoms with Crippen molar-refractivity contribution in [2.45, 2.75) is 19.3 Å². The van der Waals surface area contributed by atoms with Crippen LogP contribution in [0.4, 0.5) is 5.69 Å². The first-order valence-electron chi connectivity index (χ1n) is 6.56. The summed E-state index contributed by atoms with van der Waals surface area (Å²) in [5.74, 6) is 0.489. The Balaban J connectivity index is 1.94. The molecule has 1 fully saturated rings. The van der Waals surface area contributed by atoms with Crippen LogP contribution in [0.3, 0.4) is 0 Å². The van der Waals surface area contributed by atoms with Crippen LogP contribution in [0, 0.1) is 11.8 Å². The zero-order valence-corrected chi connectivity index (χ0v) is 11.5. The molecule has 5 heteroatoms.